The molecule has 4 aromatic rings. The summed E-state index contributed by atoms with van der Waals surface area (Å²) in [6.45, 7) is 4.76. The van der Waals surface area contributed by atoms with Gasteiger partial charge in [0.05, 0.1) is 23.0 Å². The Morgan fingerprint density at radius 2 is 1.87 bits per heavy atom. The van der Waals surface area contributed by atoms with Crippen molar-refractivity contribution in [1.29, 1.82) is 0 Å². The summed E-state index contributed by atoms with van der Waals surface area (Å²) in [7, 11) is 0. The number of halogens is 5. The number of aliphatic hydroxyl groups is 1. The van der Waals surface area contributed by atoms with Crippen molar-refractivity contribution in [3.8, 4) is 22.9 Å². The third-order valence-corrected chi connectivity index (χ3v) is 9.15. The number of nitrogens with one attached hydrogen (secondary N) is 1. The number of anilines is 1. The van der Waals surface area contributed by atoms with E-state index in [1.54, 1.807) is 25.1 Å². The highest BCUT2D eigenvalue weighted by Gasteiger charge is 2.43. The molecule has 1 unspecified atom stereocenters. The van der Waals surface area contributed by atoms with E-state index in [0.29, 0.717) is 48.1 Å². The zero-order valence-corrected chi connectivity index (χ0v) is 25.6. The van der Waals surface area contributed by atoms with Crippen molar-refractivity contribution in [2.24, 2.45) is 0 Å². The number of β-amino-alcohol motifs (C(OH)–C–C–N with tert-alkyl or cyclic N) is 1. The normalized spacial score (nSPS) is 22.2. The molecular weight excluding hydrogens is 628 g/mol. The van der Waals surface area contributed by atoms with E-state index in [2.05, 4.69) is 25.1 Å². The quantitative estimate of drug-likeness (QED) is 0.234. The van der Waals surface area contributed by atoms with Crippen LogP contribution >= 0.6 is 11.6 Å². The van der Waals surface area contributed by atoms with Gasteiger partial charge < -0.3 is 24.5 Å². The molecule has 0 amide bonds. The van der Waals surface area contributed by atoms with Gasteiger partial charge in [0.2, 0.25) is 5.82 Å². The van der Waals surface area contributed by atoms with Crippen molar-refractivity contribution < 1.29 is 32.1 Å². The molecule has 7 rings (SSSR count). The lowest BCUT2D eigenvalue weighted by Gasteiger charge is -2.33. The van der Waals surface area contributed by atoms with Gasteiger partial charge in [-0.2, -0.15) is 13.2 Å². The first-order chi connectivity index (χ1) is 22.0. The molecule has 2 atom stereocenters. The zero-order chi connectivity index (χ0) is 32.2. The topological polar surface area (TPSA) is 99.6 Å². The van der Waals surface area contributed by atoms with E-state index in [0.717, 1.165) is 42.9 Å². The number of hydrogen-bond donors (Lipinski definition) is 2. The maximum atomic E-state index is 14.8. The summed E-state index contributed by atoms with van der Waals surface area (Å²) >= 11 is 5.96. The molecule has 2 aromatic heterocycles. The number of nitrogens with zero attached hydrogens (tertiary/aromatic N) is 5. The SMILES string of the molecule is C[C@]1(c2ccc(Cl)cc2F)Oc2cccc(C3CCN(Cc4ncc(-c5nnc(C(F)(F)F)[nH]5)cc4N4CCC(O)C4)CC3)c2O1. The molecule has 2 saturated heterocycles. The van der Waals surface area contributed by atoms with Crippen LogP contribution in [0.3, 0.4) is 0 Å². The fraction of sp³-hybridized carbons (Fsp3) is 0.406. The molecule has 242 valence electrons. The van der Waals surface area contributed by atoms with Crippen molar-refractivity contribution >= 4 is 17.3 Å². The predicted octanol–water partition coefficient (Wildman–Crippen LogP) is 6.27. The molecule has 0 saturated carbocycles. The maximum absolute atomic E-state index is 14.8. The zero-order valence-electron chi connectivity index (χ0n) is 24.8. The Hall–Kier alpha value is -3.94. The predicted molar refractivity (Wildman–Crippen MR) is 161 cm³/mol. The lowest BCUT2D eigenvalue weighted by Crippen LogP contribution is -2.34. The van der Waals surface area contributed by atoms with Gasteiger partial charge in [0, 0.05) is 48.9 Å². The summed E-state index contributed by atoms with van der Waals surface area (Å²) in [6.07, 6.45) is -1.37. The number of aliphatic hydroxyl groups excluding tert-OH is 1. The molecule has 3 aliphatic rings. The van der Waals surface area contributed by atoms with Crippen LogP contribution < -0.4 is 14.4 Å². The number of aromatic amines is 1. The summed E-state index contributed by atoms with van der Waals surface area (Å²) in [6, 6.07) is 12.0. The minimum Gasteiger partial charge on any atom is -0.444 e. The number of benzene rings is 2. The van der Waals surface area contributed by atoms with Gasteiger partial charge in [-0.15, -0.1) is 10.2 Å². The average Bonchev–Trinajstić information content (AvgIpc) is 3.76. The lowest BCUT2D eigenvalue weighted by atomic mass is 9.88. The molecule has 0 radical (unpaired) electrons. The van der Waals surface area contributed by atoms with Crippen molar-refractivity contribution in [1.82, 2.24) is 25.1 Å². The second kappa shape index (κ2) is 11.7. The van der Waals surface area contributed by atoms with Gasteiger partial charge in [0.1, 0.15) is 5.82 Å². The van der Waals surface area contributed by atoms with E-state index in [1.165, 1.54) is 12.3 Å². The van der Waals surface area contributed by atoms with E-state index in [1.807, 2.05) is 23.1 Å². The molecule has 2 aromatic carbocycles. The number of likely N-dealkylation sites (tertiary alicyclic amines) is 1. The highest BCUT2D eigenvalue weighted by atomic mass is 35.5. The van der Waals surface area contributed by atoms with Crippen LogP contribution in [0, 0.1) is 5.82 Å². The van der Waals surface area contributed by atoms with Gasteiger partial charge in [-0.05, 0) is 68.6 Å². The van der Waals surface area contributed by atoms with Crippen molar-refractivity contribution in [2.75, 3.05) is 31.1 Å². The van der Waals surface area contributed by atoms with Crippen LogP contribution in [0.2, 0.25) is 5.02 Å². The van der Waals surface area contributed by atoms with Gasteiger partial charge in [0.25, 0.3) is 5.79 Å². The monoisotopic (exact) mass is 658 g/mol. The lowest BCUT2D eigenvalue weighted by molar-refractivity contribution is -0.144. The van der Waals surface area contributed by atoms with E-state index in [4.69, 9.17) is 21.1 Å². The summed E-state index contributed by atoms with van der Waals surface area (Å²) in [5, 5.41) is 17.4. The number of piperidine rings is 1. The summed E-state index contributed by atoms with van der Waals surface area (Å²) in [5.41, 5.74) is 3.17. The van der Waals surface area contributed by atoms with Gasteiger partial charge in [0.15, 0.2) is 17.3 Å². The van der Waals surface area contributed by atoms with Gasteiger partial charge in [-0.1, -0.05) is 23.7 Å². The highest BCUT2D eigenvalue weighted by Crippen LogP contribution is 2.50. The fourth-order valence-corrected chi connectivity index (χ4v) is 6.70. The second-order valence-corrected chi connectivity index (χ2v) is 12.5. The third-order valence-electron chi connectivity index (χ3n) is 8.91. The molecule has 2 fully saturated rings. The fourth-order valence-electron chi connectivity index (χ4n) is 6.54. The minimum atomic E-state index is -4.64. The Kier molecular flexibility index (Phi) is 7.81. The molecule has 9 nitrogen and oxygen atoms in total. The largest absolute Gasteiger partial charge is 0.451 e. The Bertz CT molecular complexity index is 1760. The van der Waals surface area contributed by atoms with Gasteiger partial charge >= 0.3 is 6.18 Å². The molecule has 46 heavy (non-hydrogen) atoms. The van der Waals surface area contributed by atoms with Crippen LogP contribution in [-0.4, -0.2) is 62.5 Å². The standard InChI is InChI=1S/C32H31ClF4N6O3/c1-31(23-6-5-20(33)14-24(23)34)45-27-4-2-3-22(28(27)46-31)18-7-10-42(11-8-18)17-25-26(43-12-9-21(44)16-43)13-19(15-38-25)29-39-30(41-40-29)32(35,36)37/h2-6,13-15,18,21,44H,7-12,16-17H2,1H3,(H,39,40,41)/t21?,31-/m0/s1. The molecule has 5 heterocycles. The smallest absolute Gasteiger partial charge is 0.444 e. The Morgan fingerprint density at radius 1 is 1.07 bits per heavy atom. The molecule has 2 N–H and O–H groups in total. The molecule has 3 aliphatic heterocycles. The van der Waals surface area contributed by atoms with Crippen LogP contribution in [0.4, 0.5) is 23.2 Å². The van der Waals surface area contributed by atoms with E-state index >= 15 is 0 Å². The minimum absolute atomic E-state index is 0.0234. The summed E-state index contributed by atoms with van der Waals surface area (Å²) < 4.78 is 66.7. The van der Waals surface area contributed by atoms with E-state index < -0.39 is 29.7 Å². The van der Waals surface area contributed by atoms with Gasteiger partial charge in [-0.3, -0.25) is 9.88 Å². The molecule has 14 heteroatoms. The number of H-pyrrole nitrogens is 1. The van der Waals surface area contributed by atoms with Crippen LogP contribution in [0.15, 0.2) is 48.7 Å². The van der Waals surface area contributed by atoms with Crippen LogP contribution in [0.1, 0.15) is 54.7 Å². The molecule has 0 aliphatic carbocycles. The number of aromatic nitrogens is 4. The van der Waals surface area contributed by atoms with Crippen molar-refractivity contribution in [2.45, 2.75) is 56.7 Å². The number of para-hydroxylation sites is 1. The van der Waals surface area contributed by atoms with Crippen molar-refractivity contribution in [3.63, 3.8) is 0 Å². The van der Waals surface area contributed by atoms with Crippen LogP contribution in [-0.2, 0) is 18.5 Å². The van der Waals surface area contributed by atoms with Crippen molar-refractivity contribution in [3.05, 3.63) is 82.1 Å². The summed E-state index contributed by atoms with van der Waals surface area (Å²) in [5.74, 6) is -1.66. The van der Waals surface area contributed by atoms with Gasteiger partial charge in [-0.25, -0.2) is 4.39 Å². The maximum Gasteiger partial charge on any atom is 0.451 e. The first kappa shape index (κ1) is 30.7. The number of fused-ring (bicyclic) bond motifs is 1. The Morgan fingerprint density at radius 3 is 2.57 bits per heavy atom. The second-order valence-electron chi connectivity index (χ2n) is 12.1. The molecule has 0 spiro atoms. The van der Waals surface area contributed by atoms with E-state index in [-0.39, 0.29) is 17.3 Å². The molecule has 0 bridgehead atoms. The number of pyridine rings is 1. The number of hydrogen-bond acceptors (Lipinski definition) is 8. The highest BCUT2D eigenvalue weighted by molar-refractivity contribution is 6.30. The summed E-state index contributed by atoms with van der Waals surface area (Å²) in [4.78, 5) is 11.2. The van der Waals surface area contributed by atoms with Crippen LogP contribution in [0.5, 0.6) is 11.5 Å². The average molecular weight is 659 g/mol. The first-order valence-electron chi connectivity index (χ1n) is 15.1. The Balaban J connectivity index is 1.07. The molecular formula is C32H31ClF4N6O3. The van der Waals surface area contributed by atoms with E-state index in [9.17, 15) is 22.7 Å². The number of alkyl halides is 3. The number of ether oxygens (including phenoxy) is 2. The third kappa shape index (κ3) is 5.87. The Labute approximate surface area is 267 Å². The number of rotatable bonds is 6. The van der Waals surface area contributed by atoms with Crippen LogP contribution in [0.25, 0.3) is 11.4 Å². The first-order valence-corrected chi connectivity index (χ1v) is 15.5.